The first-order valence-electron chi connectivity index (χ1n) is 9.07. The van der Waals surface area contributed by atoms with Gasteiger partial charge in [-0.3, -0.25) is 9.78 Å². The summed E-state index contributed by atoms with van der Waals surface area (Å²) in [6.45, 7) is 4.15. The van der Waals surface area contributed by atoms with Crippen LogP contribution in [0.4, 0.5) is 5.69 Å². The highest BCUT2D eigenvalue weighted by atomic mass is 16.1. The van der Waals surface area contributed by atoms with E-state index in [0.717, 1.165) is 29.8 Å². The maximum Gasteiger partial charge on any atom is 0.257 e. The van der Waals surface area contributed by atoms with Crippen LogP contribution < -0.4 is 5.32 Å². The fourth-order valence-corrected chi connectivity index (χ4v) is 3.55. The molecule has 0 saturated carbocycles. The van der Waals surface area contributed by atoms with Crippen molar-refractivity contribution in [3.8, 4) is 11.3 Å². The van der Waals surface area contributed by atoms with Crippen LogP contribution in [-0.4, -0.2) is 10.9 Å². The summed E-state index contributed by atoms with van der Waals surface area (Å²) in [6, 6.07) is 16.3. The molecule has 0 aliphatic heterocycles. The Labute approximate surface area is 154 Å². The van der Waals surface area contributed by atoms with E-state index >= 15 is 0 Å². The Hall–Kier alpha value is -2.94. The quantitative estimate of drug-likeness (QED) is 0.719. The minimum atomic E-state index is -0.122. The third kappa shape index (κ3) is 3.25. The van der Waals surface area contributed by atoms with Crippen molar-refractivity contribution in [2.75, 3.05) is 5.32 Å². The van der Waals surface area contributed by atoms with Crippen molar-refractivity contribution in [2.45, 2.75) is 33.1 Å². The third-order valence-corrected chi connectivity index (χ3v) is 5.05. The van der Waals surface area contributed by atoms with Crippen LogP contribution in [0.1, 0.15) is 39.0 Å². The number of hydrogen-bond donors (Lipinski definition) is 1. The molecule has 0 saturated heterocycles. The largest absolute Gasteiger partial charge is 0.322 e. The summed E-state index contributed by atoms with van der Waals surface area (Å²) in [4.78, 5) is 17.0. The smallest absolute Gasteiger partial charge is 0.257 e. The van der Waals surface area contributed by atoms with Crippen molar-refractivity contribution < 1.29 is 4.79 Å². The first kappa shape index (κ1) is 16.5. The maximum absolute atomic E-state index is 12.5. The molecule has 3 heteroatoms. The second kappa shape index (κ2) is 6.75. The molecule has 130 valence electrons. The molecule has 1 aliphatic carbocycles. The molecule has 26 heavy (non-hydrogen) atoms. The number of aryl methyl sites for hydroxylation is 4. The van der Waals surface area contributed by atoms with E-state index in [1.54, 1.807) is 6.20 Å². The molecule has 2 aromatic carbocycles. The second-order valence-electron chi connectivity index (χ2n) is 7.04. The highest BCUT2D eigenvalue weighted by Gasteiger charge is 2.13. The molecule has 0 unspecified atom stereocenters. The number of nitrogens with one attached hydrogen (secondary N) is 1. The molecule has 4 rings (SSSR count). The zero-order valence-electron chi connectivity index (χ0n) is 15.2. The standard InChI is InChI=1S/C23H22N2O/c1-15-6-7-16(2)21(12-15)22-11-9-19(14-24-22)23(26)25-20-10-8-17-4-3-5-18(17)13-20/h6-14H,3-5H2,1-2H3,(H,25,26). The van der Waals surface area contributed by atoms with E-state index in [-0.39, 0.29) is 5.91 Å². The van der Waals surface area contributed by atoms with Gasteiger partial charge in [-0.1, -0.05) is 23.8 Å². The molecule has 3 aromatic rings. The van der Waals surface area contributed by atoms with Crippen molar-refractivity contribution in [3.63, 3.8) is 0 Å². The number of anilines is 1. The van der Waals surface area contributed by atoms with Gasteiger partial charge >= 0.3 is 0 Å². The molecular weight excluding hydrogens is 320 g/mol. The van der Waals surface area contributed by atoms with Gasteiger partial charge in [0.1, 0.15) is 0 Å². The zero-order valence-corrected chi connectivity index (χ0v) is 15.2. The lowest BCUT2D eigenvalue weighted by molar-refractivity contribution is 0.102. The molecule has 1 heterocycles. The Morgan fingerprint density at radius 3 is 2.62 bits per heavy atom. The molecule has 0 radical (unpaired) electrons. The Bertz CT molecular complexity index is 974. The van der Waals surface area contributed by atoms with Crippen LogP contribution in [0.25, 0.3) is 11.3 Å². The van der Waals surface area contributed by atoms with Gasteiger partial charge in [-0.2, -0.15) is 0 Å². The van der Waals surface area contributed by atoms with Crippen LogP contribution in [0.3, 0.4) is 0 Å². The van der Waals surface area contributed by atoms with Gasteiger partial charge in [0.2, 0.25) is 0 Å². The molecule has 0 spiro atoms. The number of fused-ring (bicyclic) bond motifs is 1. The lowest BCUT2D eigenvalue weighted by atomic mass is 10.0. The first-order valence-corrected chi connectivity index (χ1v) is 9.07. The van der Waals surface area contributed by atoms with Gasteiger partial charge in [0, 0.05) is 17.4 Å². The minimum Gasteiger partial charge on any atom is -0.322 e. The number of pyridine rings is 1. The molecular formula is C23H22N2O. The SMILES string of the molecule is Cc1ccc(C)c(-c2ccc(C(=O)Nc3ccc4c(c3)CCC4)cn2)c1. The minimum absolute atomic E-state index is 0.122. The number of rotatable bonds is 3. The summed E-state index contributed by atoms with van der Waals surface area (Å²) in [6.07, 6.45) is 5.11. The highest BCUT2D eigenvalue weighted by Crippen LogP contribution is 2.26. The predicted octanol–water partition coefficient (Wildman–Crippen LogP) is 5.11. The van der Waals surface area contributed by atoms with Crippen LogP contribution in [0.2, 0.25) is 0 Å². The summed E-state index contributed by atoms with van der Waals surface area (Å²) < 4.78 is 0. The predicted molar refractivity (Wildman–Crippen MR) is 106 cm³/mol. The lowest BCUT2D eigenvalue weighted by Crippen LogP contribution is -2.12. The molecule has 1 aliphatic rings. The number of benzene rings is 2. The highest BCUT2D eigenvalue weighted by molar-refractivity contribution is 6.04. The van der Waals surface area contributed by atoms with Crippen molar-refractivity contribution >= 4 is 11.6 Å². The number of aromatic nitrogens is 1. The van der Waals surface area contributed by atoms with E-state index in [2.05, 4.69) is 54.5 Å². The van der Waals surface area contributed by atoms with Crippen molar-refractivity contribution in [1.82, 2.24) is 4.98 Å². The van der Waals surface area contributed by atoms with Crippen molar-refractivity contribution in [2.24, 2.45) is 0 Å². The van der Waals surface area contributed by atoms with E-state index in [1.807, 2.05) is 18.2 Å². The molecule has 1 N–H and O–H groups in total. The number of hydrogen-bond acceptors (Lipinski definition) is 2. The molecule has 0 atom stereocenters. The summed E-state index contributed by atoms with van der Waals surface area (Å²) in [5, 5.41) is 2.99. The van der Waals surface area contributed by atoms with Gasteiger partial charge in [-0.05, 0) is 80.1 Å². The Morgan fingerprint density at radius 1 is 0.962 bits per heavy atom. The van der Waals surface area contributed by atoms with Gasteiger partial charge in [-0.15, -0.1) is 0 Å². The summed E-state index contributed by atoms with van der Waals surface area (Å²) in [5.74, 6) is -0.122. The molecule has 0 fully saturated rings. The number of amides is 1. The number of carbonyl (C=O) groups excluding carboxylic acids is 1. The third-order valence-electron chi connectivity index (χ3n) is 5.05. The Balaban J connectivity index is 1.53. The maximum atomic E-state index is 12.5. The average molecular weight is 342 g/mol. The van der Waals surface area contributed by atoms with Gasteiger partial charge in [0.15, 0.2) is 0 Å². The molecule has 0 bridgehead atoms. The Kier molecular flexibility index (Phi) is 4.29. The van der Waals surface area contributed by atoms with Crippen LogP contribution in [0, 0.1) is 13.8 Å². The van der Waals surface area contributed by atoms with Gasteiger partial charge in [-0.25, -0.2) is 0 Å². The normalized spacial score (nSPS) is 12.7. The van der Waals surface area contributed by atoms with E-state index in [1.165, 1.54) is 28.7 Å². The summed E-state index contributed by atoms with van der Waals surface area (Å²) in [7, 11) is 0. The first-order chi connectivity index (χ1) is 12.6. The molecule has 1 amide bonds. The van der Waals surface area contributed by atoms with E-state index in [0.29, 0.717) is 5.56 Å². The monoisotopic (exact) mass is 342 g/mol. The average Bonchev–Trinajstić information content (AvgIpc) is 3.11. The fraction of sp³-hybridized carbons (Fsp3) is 0.217. The van der Waals surface area contributed by atoms with Gasteiger partial charge in [0.25, 0.3) is 5.91 Å². The molecule has 1 aromatic heterocycles. The van der Waals surface area contributed by atoms with E-state index < -0.39 is 0 Å². The van der Waals surface area contributed by atoms with Crippen LogP contribution >= 0.6 is 0 Å². The zero-order chi connectivity index (χ0) is 18.1. The molecule has 3 nitrogen and oxygen atoms in total. The Morgan fingerprint density at radius 2 is 1.81 bits per heavy atom. The van der Waals surface area contributed by atoms with E-state index in [4.69, 9.17) is 0 Å². The summed E-state index contributed by atoms with van der Waals surface area (Å²) in [5.41, 5.74) is 8.56. The van der Waals surface area contributed by atoms with Crippen LogP contribution in [0.15, 0.2) is 54.7 Å². The van der Waals surface area contributed by atoms with Crippen molar-refractivity contribution in [3.05, 3.63) is 82.5 Å². The van der Waals surface area contributed by atoms with E-state index in [9.17, 15) is 4.79 Å². The summed E-state index contributed by atoms with van der Waals surface area (Å²) >= 11 is 0. The van der Waals surface area contributed by atoms with Crippen molar-refractivity contribution in [1.29, 1.82) is 0 Å². The lowest BCUT2D eigenvalue weighted by Gasteiger charge is -2.09. The van der Waals surface area contributed by atoms with Gasteiger partial charge in [0.05, 0.1) is 11.3 Å². The number of nitrogens with zero attached hydrogens (tertiary/aromatic N) is 1. The number of carbonyl (C=O) groups is 1. The second-order valence-corrected chi connectivity index (χ2v) is 7.04. The van der Waals surface area contributed by atoms with Crippen LogP contribution in [0.5, 0.6) is 0 Å². The van der Waals surface area contributed by atoms with Crippen LogP contribution in [-0.2, 0) is 12.8 Å². The fourth-order valence-electron chi connectivity index (χ4n) is 3.55. The topological polar surface area (TPSA) is 42.0 Å². The van der Waals surface area contributed by atoms with Gasteiger partial charge < -0.3 is 5.32 Å².